The molecule has 0 spiro atoms. The molecule has 0 atom stereocenters. The molecule has 0 aliphatic carbocycles. The fourth-order valence-electron chi connectivity index (χ4n) is 3.25. The third-order valence-electron chi connectivity index (χ3n) is 4.69. The quantitative estimate of drug-likeness (QED) is 0.524. The molecule has 152 valence electrons. The number of methoxy groups -OCH3 is 1. The van der Waals surface area contributed by atoms with Gasteiger partial charge in [0.1, 0.15) is 5.75 Å². The van der Waals surface area contributed by atoms with E-state index < -0.39 is 0 Å². The minimum absolute atomic E-state index is 0.231. The number of para-hydroxylation sites is 1. The number of carbonyl (C=O) groups is 1. The highest BCUT2D eigenvalue weighted by molar-refractivity contribution is 7.80. The molecule has 1 saturated heterocycles. The summed E-state index contributed by atoms with van der Waals surface area (Å²) in [6.45, 7) is 1.92. The topological polar surface area (TPSA) is 53.6 Å². The minimum Gasteiger partial charge on any atom is -0.497 e. The van der Waals surface area contributed by atoms with Gasteiger partial charge in [-0.2, -0.15) is 0 Å². The Morgan fingerprint density at radius 2 is 1.86 bits per heavy atom. The first-order chi connectivity index (χ1) is 14.1. The molecule has 29 heavy (non-hydrogen) atoms. The van der Waals surface area contributed by atoms with Crippen molar-refractivity contribution in [2.75, 3.05) is 30.4 Å². The molecular weight excluding hydrogens is 406 g/mol. The van der Waals surface area contributed by atoms with E-state index in [4.69, 9.17) is 28.6 Å². The SMILES string of the molecule is COc1ccc(C=CC(=O)NC(=S)Nc2cccc(Cl)c2N2CCCCC2)cc1. The molecule has 1 amide bonds. The van der Waals surface area contributed by atoms with Crippen LogP contribution < -0.4 is 20.3 Å². The zero-order chi connectivity index (χ0) is 20.6. The largest absolute Gasteiger partial charge is 0.497 e. The van der Waals surface area contributed by atoms with Crippen LogP contribution in [0.1, 0.15) is 24.8 Å². The molecule has 0 aromatic heterocycles. The predicted molar refractivity (Wildman–Crippen MR) is 124 cm³/mol. The minimum atomic E-state index is -0.306. The van der Waals surface area contributed by atoms with Crippen molar-refractivity contribution in [3.8, 4) is 5.75 Å². The zero-order valence-corrected chi connectivity index (χ0v) is 17.9. The Balaban J connectivity index is 1.62. The van der Waals surface area contributed by atoms with Crippen LogP contribution in [0.2, 0.25) is 5.02 Å². The van der Waals surface area contributed by atoms with Crippen molar-refractivity contribution in [1.29, 1.82) is 0 Å². The smallest absolute Gasteiger partial charge is 0.250 e. The van der Waals surface area contributed by atoms with Gasteiger partial charge >= 0.3 is 0 Å². The van der Waals surface area contributed by atoms with Crippen molar-refractivity contribution in [1.82, 2.24) is 5.32 Å². The Hall–Kier alpha value is -2.57. The van der Waals surface area contributed by atoms with E-state index in [9.17, 15) is 4.79 Å². The molecule has 2 N–H and O–H groups in total. The summed E-state index contributed by atoms with van der Waals surface area (Å²) in [4.78, 5) is 14.5. The third kappa shape index (κ3) is 5.95. The fraction of sp³-hybridized carbons (Fsp3) is 0.273. The first-order valence-corrected chi connectivity index (χ1v) is 10.3. The van der Waals surface area contributed by atoms with Gasteiger partial charge in [0, 0.05) is 19.2 Å². The van der Waals surface area contributed by atoms with Crippen LogP contribution >= 0.6 is 23.8 Å². The van der Waals surface area contributed by atoms with Crippen LogP contribution in [0.3, 0.4) is 0 Å². The van der Waals surface area contributed by atoms with Gasteiger partial charge in [0.2, 0.25) is 5.91 Å². The molecule has 2 aromatic carbocycles. The number of carbonyl (C=O) groups excluding carboxylic acids is 1. The average Bonchev–Trinajstić information content (AvgIpc) is 2.73. The lowest BCUT2D eigenvalue weighted by Crippen LogP contribution is -2.34. The van der Waals surface area contributed by atoms with E-state index in [0.717, 1.165) is 48.6 Å². The Labute approximate surface area is 181 Å². The van der Waals surface area contributed by atoms with Crippen LogP contribution in [0, 0.1) is 0 Å². The normalized spacial score (nSPS) is 13.9. The number of amides is 1. The summed E-state index contributed by atoms with van der Waals surface area (Å²) in [7, 11) is 1.61. The number of nitrogens with one attached hydrogen (secondary N) is 2. The number of rotatable bonds is 5. The molecule has 0 saturated carbocycles. The van der Waals surface area contributed by atoms with Crippen molar-refractivity contribution < 1.29 is 9.53 Å². The maximum Gasteiger partial charge on any atom is 0.250 e. The number of ether oxygens (including phenoxy) is 1. The molecule has 1 fully saturated rings. The lowest BCUT2D eigenvalue weighted by atomic mass is 10.1. The summed E-state index contributed by atoms with van der Waals surface area (Å²) in [6.07, 6.45) is 6.68. The van der Waals surface area contributed by atoms with Gasteiger partial charge in [0.15, 0.2) is 5.11 Å². The number of anilines is 2. The van der Waals surface area contributed by atoms with Gasteiger partial charge in [-0.15, -0.1) is 0 Å². The van der Waals surface area contributed by atoms with E-state index in [1.165, 1.54) is 12.5 Å². The van der Waals surface area contributed by atoms with Crippen LogP contribution in [-0.4, -0.2) is 31.2 Å². The highest BCUT2D eigenvalue weighted by Gasteiger charge is 2.18. The summed E-state index contributed by atoms with van der Waals surface area (Å²) in [5.41, 5.74) is 2.62. The van der Waals surface area contributed by atoms with Crippen molar-refractivity contribution in [2.45, 2.75) is 19.3 Å². The number of benzene rings is 2. The second kappa shape index (κ2) is 10.3. The highest BCUT2D eigenvalue weighted by atomic mass is 35.5. The molecule has 1 aliphatic heterocycles. The second-order valence-electron chi connectivity index (χ2n) is 6.73. The monoisotopic (exact) mass is 429 g/mol. The molecule has 0 bridgehead atoms. The van der Waals surface area contributed by atoms with Crippen molar-refractivity contribution in [2.24, 2.45) is 0 Å². The number of halogens is 1. The molecule has 7 heteroatoms. The van der Waals surface area contributed by atoms with Crippen LogP contribution in [-0.2, 0) is 4.79 Å². The van der Waals surface area contributed by atoms with Crippen LogP contribution in [0.5, 0.6) is 5.75 Å². The Bertz CT molecular complexity index is 893. The number of hydrogen-bond acceptors (Lipinski definition) is 4. The second-order valence-corrected chi connectivity index (χ2v) is 7.55. The average molecular weight is 430 g/mol. The zero-order valence-electron chi connectivity index (χ0n) is 16.3. The van der Waals surface area contributed by atoms with Crippen molar-refractivity contribution in [3.05, 3.63) is 59.1 Å². The summed E-state index contributed by atoms with van der Waals surface area (Å²) in [6, 6.07) is 13.1. The van der Waals surface area contributed by atoms with E-state index in [1.807, 2.05) is 42.5 Å². The van der Waals surface area contributed by atoms with Gasteiger partial charge in [0.25, 0.3) is 0 Å². The molecule has 3 rings (SSSR count). The maximum atomic E-state index is 12.2. The number of thiocarbonyl (C=S) groups is 1. The highest BCUT2D eigenvalue weighted by Crippen LogP contribution is 2.35. The van der Waals surface area contributed by atoms with Crippen LogP contribution in [0.25, 0.3) is 6.08 Å². The van der Waals surface area contributed by atoms with Gasteiger partial charge in [-0.3, -0.25) is 10.1 Å². The lowest BCUT2D eigenvalue weighted by molar-refractivity contribution is -0.115. The summed E-state index contributed by atoms with van der Waals surface area (Å²) in [5.74, 6) is 0.461. The molecule has 5 nitrogen and oxygen atoms in total. The lowest BCUT2D eigenvalue weighted by Gasteiger charge is -2.31. The van der Waals surface area contributed by atoms with Gasteiger partial charge in [0.05, 0.1) is 23.5 Å². The molecule has 0 radical (unpaired) electrons. The maximum absolute atomic E-state index is 12.2. The molecule has 1 aliphatic rings. The van der Waals surface area contributed by atoms with Gasteiger partial charge in [-0.25, -0.2) is 0 Å². The molecule has 0 unspecified atom stereocenters. The van der Waals surface area contributed by atoms with E-state index in [0.29, 0.717) is 5.02 Å². The molecule has 1 heterocycles. The summed E-state index contributed by atoms with van der Waals surface area (Å²) < 4.78 is 5.12. The number of hydrogen-bond donors (Lipinski definition) is 2. The van der Waals surface area contributed by atoms with E-state index in [1.54, 1.807) is 13.2 Å². The van der Waals surface area contributed by atoms with E-state index in [-0.39, 0.29) is 11.0 Å². The van der Waals surface area contributed by atoms with E-state index in [2.05, 4.69) is 15.5 Å². The first kappa shape index (κ1) is 21.1. The van der Waals surface area contributed by atoms with Gasteiger partial charge < -0.3 is 15.0 Å². The fourth-order valence-corrected chi connectivity index (χ4v) is 3.75. The number of piperidine rings is 1. The molecule has 2 aromatic rings. The summed E-state index contributed by atoms with van der Waals surface area (Å²) >= 11 is 11.8. The van der Waals surface area contributed by atoms with Gasteiger partial charge in [-0.05, 0) is 67.4 Å². The Morgan fingerprint density at radius 3 is 2.55 bits per heavy atom. The van der Waals surface area contributed by atoms with Crippen molar-refractivity contribution >= 4 is 52.3 Å². The van der Waals surface area contributed by atoms with Gasteiger partial charge in [-0.1, -0.05) is 29.8 Å². The summed E-state index contributed by atoms with van der Waals surface area (Å²) in [5, 5.41) is 6.70. The Kier molecular flexibility index (Phi) is 7.49. The van der Waals surface area contributed by atoms with Crippen LogP contribution in [0.15, 0.2) is 48.5 Å². The third-order valence-corrected chi connectivity index (χ3v) is 5.20. The van der Waals surface area contributed by atoms with E-state index >= 15 is 0 Å². The molecular formula is C22H24ClN3O2S. The van der Waals surface area contributed by atoms with Crippen LogP contribution in [0.4, 0.5) is 11.4 Å². The predicted octanol–water partition coefficient (Wildman–Crippen LogP) is 4.87. The standard InChI is InChI=1S/C22H24ClN3O2S/c1-28-17-11-8-16(9-12-17)10-13-20(27)25-22(29)24-19-7-5-6-18(23)21(19)26-14-3-2-4-15-26/h5-13H,2-4,14-15H2,1H3,(H2,24,25,27,29). The first-order valence-electron chi connectivity index (χ1n) is 9.54. The number of nitrogens with zero attached hydrogens (tertiary/aromatic N) is 1. The van der Waals surface area contributed by atoms with Crippen molar-refractivity contribution in [3.63, 3.8) is 0 Å². The Morgan fingerprint density at radius 1 is 1.14 bits per heavy atom.